The number of thioether (sulfide) groups is 1. The van der Waals surface area contributed by atoms with Crippen LogP contribution < -0.4 is 5.32 Å². The van der Waals surface area contributed by atoms with E-state index < -0.39 is 4.92 Å². The molecule has 0 aromatic heterocycles. The molecule has 0 spiro atoms. The largest absolute Gasteiger partial charge is 0.353 e. The molecule has 0 fully saturated rings. The highest BCUT2D eigenvalue weighted by molar-refractivity contribution is 8.00. The zero-order chi connectivity index (χ0) is 15.8. The summed E-state index contributed by atoms with van der Waals surface area (Å²) in [6.45, 7) is 6.03. The van der Waals surface area contributed by atoms with E-state index in [0.717, 1.165) is 18.4 Å². The van der Waals surface area contributed by atoms with Crippen LogP contribution in [0.25, 0.3) is 0 Å². The predicted molar refractivity (Wildman–Crippen MR) is 86.5 cm³/mol. The Hall–Kier alpha value is -1.56. The first kappa shape index (κ1) is 17.5. The van der Waals surface area contributed by atoms with Gasteiger partial charge in [0.25, 0.3) is 5.69 Å². The molecule has 0 aliphatic rings. The van der Waals surface area contributed by atoms with Crippen LogP contribution in [0.2, 0.25) is 0 Å². The van der Waals surface area contributed by atoms with Crippen molar-refractivity contribution in [1.29, 1.82) is 0 Å². The minimum atomic E-state index is -0.403. The number of carbonyl (C=O) groups excluding carboxylic acids is 1. The fraction of sp³-hybridized carbons (Fsp3) is 0.533. The Balaban J connectivity index is 2.50. The number of hydrogen-bond acceptors (Lipinski definition) is 4. The fourth-order valence-electron chi connectivity index (χ4n) is 2.01. The zero-order valence-corrected chi connectivity index (χ0v) is 13.5. The summed E-state index contributed by atoms with van der Waals surface area (Å²) in [6, 6.07) is 6.75. The molecule has 0 aliphatic carbocycles. The van der Waals surface area contributed by atoms with E-state index in [0.29, 0.717) is 5.75 Å². The van der Waals surface area contributed by atoms with Gasteiger partial charge in [0.05, 0.1) is 10.7 Å². The molecular weight excluding hydrogens is 288 g/mol. The van der Waals surface area contributed by atoms with Crippen LogP contribution in [-0.2, 0) is 4.79 Å². The molecule has 0 bridgehead atoms. The van der Waals surface area contributed by atoms with E-state index in [4.69, 9.17) is 0 Å². The third-order valence-electron chi connectivity index (χ3n) is 3.14. The SMILES string of the molecule is CCC[C@@H](C)NC(=O)CS[C@@H](C)c1cccc([N+](=O)[O-])c1. The molecule has 0 saturated heterocycles. The lowest BCUT2D eigenvalue weighted by Crippen LogP contribution is -2.33. The number of amides is 1. The van der Waals surface area contributed by atoms with E-state index in [1.807, 2.05) is 19.9 Å². The molecule has 6 heteroatoms. The van der Waals surface area contributed by atoms with Crippen molar-refractivity contribution < 1.29 is 9.72 Å². The van der Waals surface area contributed by atoms with Gasteiger partial charge in [-0.2, -0.15) is 0 Å². The van der Waals surface area contributed by atoms with Gasteiger partial charge in [-0.05, 0) is 25.8 Å². The quantitative estimate of drug-likeness (QED) is 0.587. The molecule has 0 radical (unpaired) electrons. The molecule has 0 unspecified atom stereocenters. The van der Waals surface area contributed by atoms with E-state index in [1.165, 1.54) is 17.8 Å². The van der Waals surface area contributed by atoms with Gasteiger partial charge in [-0.3, -0.25) is 14.9 Å². The van der Waals surface area contributed by atoms with Crippen LogP contribution in [0.4, 0.5) is 5.69 Å². The highest BCUT2D eigenvalue weighted by atomic mass is 32.2. The van der Waals surface area contributed by atoms with Gasteiger partial charge in [-0.25, -0.2) is 0 Å². The van der Waals surface area contributed by atoms with Crippen LogP contribution in [0.15, 0.2) is 24.3 Å². The third kappa shape index (κ3) is 6.16. The maximum atomic E-state index is 11.8. The lowest BCUT2D eigenvalue weighted by molar-refractivity contribution is -0.384. The van der Waals surface area contributed by atoms with Crippen molar-refractivity contribution in [1.82, 2.24) is 5.32 Å². The first-order valence-electron chi connectivity index (χ1n) is 7.09. The average Bonchev–Trinajstić information content (AvgIpc) is 2.45. The summed E-state index contributed by atoms with van der Waals surface area (Å²) in [5.41, 5.74) is 0.949. The monoisotopic (exact) mass is 310 g/mol. The minimum absolute atomic E-state index is 0.0123. The molecule has 1 aromatic carbocycles. The first-order chi connectivity index (χ1) is 9.93. The van der Waals surface area contributed by atoms with Crippen LogP contribution in [0.5, 0.6) is 0 Å². The molecule has 1 rings (SSSR count). The Bertz CT molecular complexity index is 494. The molecule has 0 heterocycles. The topological polar surface area (TPSA) is 72.2 Å². The Morgan fingerprint density at radius 1 is 1.43 bits per heavy atom. The molecule has 1 aromatic rings. The van der Waals surface area contributed by atoms with Crippen molar-refractivity contribution >= 4 is 23.4 Å². The molecule has 1 amide bonds. The fourth-order valence-corrected chi connectivity index (χ4v) is 2.83. The number of non-ortho nitro benzene ring substituents is 1. The Labute approximate surface area is 129 Å². The summed E-state index contributed by atoms with van der Waals surface area (Å²) in [5, 5.41) is 13.7. The first-order valence-corrected chi connectivity index (χ1v) is 8.14. The second kappa shape index (κ2) is 8.67. The van der Waals surface area contributed by atoms with Crippen molar-refractivity contribution in [3.8, 4) is 0 Å². The van der Waals surface area contributed by atoms with Crippen LogP contribution >= 0.6 is 11.8 Å². The van der Waals surface area contributed by atoms with Crippen molar-refractivity contribution in [2.24, 2.45) is 0 Å². The number of nitro benzene ring substituents is 1. The van der Waals surface area contributed by atoms with Gasteiger partial charge in [0, 0.05) is 23.4 Å². The van der Waals surface area contributed by atoms with Gasteiger partial charge in [-0.1, -0.05) is 25.5 Å². The van der Waals surface area contributed by atoms with Crippen LogP contribution in [0.1, 0.15) is 44.4 Å². The minimum Gasteiger partial charge on any atom is -0.353 e. The van der Waals surface area contributed by atoms with Gasteiger partial charge >= 0.3 is 0 Å². The second-order valence-corrected chi connectivity index (χ2v) is 6.39. The predicted octanol–water partition coefficient (Wildman–Crippen LogP) is 3.69. The number of nitrogens with one attached hydrogen (secondary N) is 1. The van der Waals surface area contributed by atoms with Crippen molar-refractivity contribution in [2.45, 2.75) is 44.9 Å². The van der Waals surface area contributed by atoms with Gasteiger partial charge in [0.2, 0.25) is 5.91 Å². The number of carbonyl (C=O) groups is 1. The molecule has 21 heavy (non-hydrogen) atoms. The van der Waals surface area contributed by atoms with E-state index >= 15 is 0 Å². The highest BCUT2D eigenvalue weighted by Crippen LogP contribution is 2.29. The number of nitrogens with zero attached hydrogens (tertiary/aromatic N) is 1. The summed E-state index contributed by atoms with van der Waals surface area (Å²) in [7, 11) is 0. The van der Waals surface area contributed by atoms with Gasteiger partial charge in [-0.15, -0.1) is 11.8 Å². The van der Waals surface area contributed by atoms with Gasteiger partial charge < -0.3 is 5.32 Å². The summed E-state index contributed by atoms with van der Waals surface area (Å²) in [5.74, 6) is 0.371. The van der Waals surface area contributed by atoms with Gasteiger partial charge in [0.15, 0.2) is 0 Å². The molecular formula is C15H22N2O3S. The van der Waals surface area contributed by atoms with Gasteiger partial charge in [0.1, 0.15) is 0 Å². The molecule has 5 nitrogen and oxygen atoms in total. The van der Waals surface area contributed by atoms with Crippen LogP contribution in [0.3, 0.4) is 0 Å². The zero-order valence-electron chi connectivity index (χ0n) is 12.7. The Morgan fingerprint density at radius 2 is 2.14 bits per heavy atom. The molecule has 2 atom stereocenters. The number of nitro groups is 1. The molecule has 116 valence electrons. The van der Waals surface area contributed by atoms with E-state index in [-0.39, 0.29) is 22.9 Å². The van der Waals surface area contributed by atoms with Crippen molar-refractivity contribution in [3.05, 3.63) is 39.9 Å². The molecule has 0 saturated carbocycles. The van der Waals surface area contributed by atoms with Crippen molar-refractivity contribution in [2.75, 3.05) is 5.75 Å². The summed E-state index contributed by atoms with van der Waals surface area (Å²) in [6.07, 6.45) is 2.01. The maximum Gasteiger partial charge on any atom is 0.269 e. The number of hydrogen-bond donors (Lipinski definition) is 1. The lowest BCUT2D eigenvalue weighted by atomic mass is 10.1. The lowest BCUT2D eigenvalue weighted by Gasteiger charge is -2.15. The van der Waals surface area contributed by atoms with Crippen molar-refractivity contribution in [3.63, 3.8) is 0 Å². The molecule has 1 N–H and O–H groups in total. The number of benzene rings is 1. The Kier molecular flexibility index (Phi) is 7.22. The van der Waals surface area contributed by atoms with Crippen LogP contribution in [0, 0.1) is 10.1 Å². The van der Waals surface area contributed by atoms with Crippen LogP contribution in [-0.4, -0.2) is 22.6 Å². The number of rotatable bonds is 8. The smallest absolute Gasteiger partial charge is 0.269 e. The Morgan fingerprint density at radius 3 is 2.76 bits per heavy atom. The van der Waals surface area contributed by atoms with E-state index in [2.05, 4.69) is 12.2 Å². The summed E-state index contributed by atoms with van der Waals surface area (Å²) >= 11 is 1.48. The normalized spacial score (nSPS) is 13.5. The standard InChI is InChI=1S/C15H22N2O3S/c1-4-6-11(2)16-15(18)10-21-12(3)13-7-5-8-14(9-13)17(19)20/h5,7-9,11-12H,4,6,10H2,1-3H3,(H,16,18)/t11-,12+/m1/s1. The second-order valence-electron chi connectivity index (χ2n) is 5.06. The van der Waals surface area contributed by atoms with E-state index in [1.54, 1.807) is 12.1 Å². The molecule has 0 aliphatic heterocycles. The average molecular weight is 310 g/mol. The van der Waals surface area contributed by atoms with E-state index in [9.17, 15) is 14.9 Å². The summed E-state index contributed by atoms with van der Waals surface area (Å²) < 4.78 is 0. The summed E-state index contributed by atoms with van der Waals surface area (Å²) in [4.78, 5) is 22.2. The third-order valence-corrected chi connectivity index (χ3v) is 4.34. The maximum absolute atomic E-state index is 11.8. The highest BCUT2D eigenvalue weighted by Gasteiger charge is 2.13.